The van der Waals surface area contributed by atoms with Crippen LogP contribution in [0.2, 0.25) is 13.1 Å². The Balaban J connectivity index is 2.93. The van der Waals surface area contributed by atoms with Crippen LogP contribution < -0.4 is 14.7 Å². The molecule has 12 heavy (non-hydrogen) atoms. The highest BCUT2D eigenvalue weighted by Gasteiger charge is 2.06. The second kappa shape index (κ2) is 3.29. The fourth-order valence-electron chi connectivity index (χ4n) is 0.992. The number of ether oxygens (including phenoxy) is 1. The summed E-state index contributed by atoms with van der Waals surface area (Å²) in [6.45, 7) is 3.57. The molecule has 66 valence electrons. The predicted molar refractivity (Wildman–Crippen MR) is 50.1 cm³/mol. The van der Waals surface area contributed by atoms with Crippen LogP contribution in [0.1, 0.15) is 0 Å². The van der Waals surface area contributed by atoms with Crippen molar-refractivity contribution in [2.45, 2.75) is 13.1 Å². The molecule has 0 saturated heterocycles. The van der Waals surface area contributed by atoms with E-state index in [0.29, 0.717) is 0 Å². The van der Waals surface area contributed by atoms with Crippen LogP contribution in [0.3, 0.4) is 0 Å². The van der Waals surface area contributed by atoms with E-state index in [4.69, 9.17) is 4.74 Å². The molecule has 1 aromatic rings. The SMILES string of the molecule is COc1ccc([Si](C)(C)[O-])cc1. The summed E-state index contributed by atoms with van der Waals surface area (Å²) in [5.41, 5.74) is 0. The minimum absolute atomic E-state index is 0.803. The normalized spacial score (nSPS) is 11.3. The van der Waals surface area contributed by atoms with Gasteiger partial charge in [0.25, 0.3) is 0 Å². The Kier molecular flexibility index (Phi) is 2.54. The van der Waals surface area contributed by atoms with E-state index in [1.54, 1.807) is 20.2 Å². The largest absolute Gasteiger partial charge is 0.855 e. The van der Waals surface area contributed by atoms with Crippen molar-refractivity contribution in [2.24, 2.45) is 0 Å². The van der Waals surface area contributed by atoms with Crippen molar-refractivity contribution in [1.29, 1.82) is 0 Å². The second-order valence-corrected chi connectivity index (χ2v) is 6.84. The summed E-state index contributed by atoms with van der Waals surface area (Å²) in [6.07, 6.45) is 0. The van der Waals surface area contributed by atoms with E-state index in [0.717, 1.165) is 10.9 Å². The Hall–Kier alpha value is -0.803. The lowest BCUT2D eigenvalue weighted by molar-refractivity contribution is -0.200. The van der Waals surface area contributed by atoms with E-state index in [-0.39, 0.29) is 0 Å². The fourth-order valence-corrected chi connectivity index (χ4v) is 1.96. The van der Waals surface area contributed by atoms with Gasteiger partial charge < -0.3 is 9.53 Å². The van der Waals surface area contributed by atoms with Crippen LogP contribution in [-0.4, -0.2) is 15.4 Å². The van der Waals surface area contributed by atoms with Crippen LogP contribution in [0.4, 0.5) is 0 Å². The topological polar surface area (TPSA) is 32.3 Å². The molecule has 0 atom stereocenters. The van der Waals surface area contributed by atoms with Crippen LogP contribution in [0, 0.1) is 0 Å². The Morgan fingerprint density at radius 3 is 2.00 bits per heavy atom. The molecule has 3 heteroatoms. The second-order valence-electron chi connectivity index (χ2n) is 3.24. The smallest absolute Gasteiger partial charge is 0.118 e. The summed E-state index contributed by atoms with van der Waals surface area (Å²) in [5.74, 6) is 0.803. The highest BCUT2D eigenvalue weighted by molar-refractivity contribution is 6.81. The Morgan fingerprint density at radius 1 is 1.17 bits per heavy atom. The molecule has 0 saturated carbocycles. The summed E-state index contributed by atoms with van der Waals surface area (Å²) in [7, 11) is -0.755. The third kappa shape index (κ3) is 2.09. The van der Waals surface area contributed by atoms with Gasteiger partial charge in [-0.2, -0.15) is 0 Å². The Bertz CT molecular complexity index is 248. The van der Waals surface area contributed by atoms with Crippen LogP contribution in [-0.2, 0) is 0 Å². The van der Waals surface area contributed by atoms with E-state index in [9.17, 15) is 4.80 Å². The van der Waals surface area contributed by atoms with Gasteiger partial charge in [0.1, 0.15) is 5.75 Å². The molecule has 0 aliphatic heterocycles. The van der Waals surface area contributed by atoms with Crippen molar-refractivity contribution < 1.29 is 9.53 Å². The van der Waals surface area contributed by atoms with Gasteiger partial charge in [0.2, 0.25) is 0 Å². The van der Waals surface area contributed by atoms with Crippen LogP contribution >= 0.6 is 0 Å². The maximum atomic E-state index is 11.6. The van der Waals surface area contributed by atoms with E-state index >= 15 is 0 Å². The average molecular weight is 181 g/mol. The van der Waals surface area contributed by atoms with Crippen LogP contribution in [0.15, 0.2) is 24.3 Å². The van der Waals surface area contributed by atoms with Gasteiger partial charge >= 0.3 is 0 Å². The lowest BCUT2D eigenvalue weighted by Crippen LogP contribution is -2.54. The van der Waals surface area contributed by atoms with E-state index in [1.807, 2.05) is 24.3 Å². The molecule has 1 rings (SSSR count). The van der Waals surface area contributed by atoms with Gasteiger partial charge in [0.15, 0.2) is 0 Å². The molecule has 0 aliphatic rings. The molecule has 0 unspecified atom stereocenters. The molecular formula is C9H13O2Si-. The number of hydrogen-bond donors (Lipinski definition) is 0. The zero-order valence-corrected chi connectivity index (χ0v) is 8.63. The molecular weight excluding hydrogens is 168 g/mol. The zero-order valence-electron chi connectivity index (χ0n) is 7.63. The van der Waals surface area contributed by atoms with Crippen molar-refractivity contribution >= 4 is 13.5 Å². The number of methoxy groups -OCH3 is 1. The molecule has 2 nitrogen and oxygen atoms in total. The lowest BCUT2D eigenvalue weighted by Gasteiger charge is -2.29. The van der Waals surface area contributed by atoms with Crippen LogP contribution in [0.5, 0.6) is 5.75 Å². The summed E-state index contributed by atoms with van der Waals surface area (Å²) in [6, 6.07) is 7.39. The van der Waals surface area contributed by atoms with Gasteiger partial charge in [-0.3, -0.25) is 0 Å². The van der Waals surface area contributed by atoms with E-state index in [1.165, 1.54) is 0 Å². The van der Waals surface area contributed by atoms with Crippen molar-refractivity contribution in [2.75, 3.05) is 7.11 Å². The summed E-state index contributed by atoms with van der Waals surface area (Å²) < 4.78 is 5.00. The third-order valence-electron chi connectivity index (χ3n) is 1.79. The zero-order chi connectivity index (χ0) is 9.19. The summed E-state index contributed by atoms with van der Waals surface area (Å²) in [4.78, 5) is 11.6. The highest BCUT2D eigenvalue weighted by atomic mass is 28.4. The highest BCUT2D eigenvalue weighted by Crippen LogP contribution is 2.07. The summed E-state index contributed by atoms with van der Waals surface area (Å²) in [5, 5.41) is 0.920. The first-order valence-corrected chi connectivity index (χ1v) is 6.80. The molecule has 0 radical (unpaired) electrons. The lowest BCUT2D eigenvalue weighted by atomic mass is 10.3. The van der Waals surface area contributed by atoms with Crippen molar-refractivity contribution in [3.8, 4) is 5.75 Å². The number of rotatable bonds is 2. The first-order chi connectivity index (χ1) is 5.54. The number of benzene rings is 1. The predicted octanol–water partition coefficient (Wildman–Crippen LogP) is 0.468. The third-order valence-corrected chi connectivity index (χ3v) is 3.51. The average Bonchev–Trinajstić information content (AvgIpc) is 2.03. The molecule has 0 fully saturated rings. The molecule has 0 spiro atoms. The van der Waals surface area contributed by atoms with Gasteiger partial charge in [-0.1, -0.05) is 30.4 Å². The molecule has 0 aromatic heterocycles. The van der Waals surface area contributed by atoms with Crippen LogP contribution in [0.25, 0.3) is 0 Å². The maximum absolute atomic E-state index is 11.6. The first-order valence-electron chi connectivity index (χ1n) is 3.89. The molecule has 0 aliphatic carbocycles. The minimum atomic E-state index is -2.37. The molecule has 0 N–H and O–H groups in total. The molecule has 0 bridgehead atoms. The standard InChI is InChI=1S/C9H13O2Si/c1-11-8-4-6-9(7-5-8)12(2,3)10/h4-7H,1-3H3/q-1. The van der Waals surface area contributed by atoms with Crippen molar-refractivity contribution in [3.05, 3.63) is 24.3 Å². The fraction of sp³-hybridized carbons (Fsp3) is 0.333. The van der Waals surface area contributed by atoms with Gasteiger partial charge in [0.05, 0.1) is 7.11 Å². The first kappa shape index (κ1) is 9.29. The molecule has 1 aromatic carbocycles. The number of hydrogen-bond acceptors (Lipinski definition) is 2. The van der Waals surface area contributed by atoms with Gasteiger partial charge in [-0.05, 0) is 20.5 Å². The van der Waals surface area contributed by atoms with Gasteiger partial charge in [-0.25, -0.2) is 0 Å². The van der Waals surface area contributed by atoms with Crippen molar-refractivity contribution in [3.63, 3.8) is 0 Å². The van der Waals surface area contributed by atoms with E-state index < -0.39 is 8.32 Å². The maximum Gasteiger partial charge on any atom is 0.118 e. The Morgan fingerprint density at radius 2 is 1.67 bits per heavy atom. The van der Waals surface area contributed by atoms with E-state index in [2.05, 4.69) is 0 Å². The summed E-state index contributed by atoms with van der Waals surface area (Å²) >= 11 is 0. The minimum Gasteiger partial charge on any atom is -0.855 e. The quantitative estimate of drug-likeness (QED) is 0.621. The molecule has 0 heterocycles. The van der Waals surface area contributed by atoms with Crippen molar-refractivity contribution in [1.82, 2.24) is 0 Å². The van der Waals surface area contributed by atoms with Gasteiger partial charge in [0, 0.05) is 0 Å². The van der Waals surface area contributed by atoms with Gasteiger partial charge in [-0.15, -0.1) is 0 Å². The monoisotopic (exact) mass is 181 g/mol. The molecule has 0 amide bonds. The Labute approximate surface area is 73.9 Å².